The highest BCUT2D eigenvalue weighted by molar-refractivity contribution is 5.92. The van der Waals surface area contributed by atoms with Gasteiger partial charge < -0.3 is 15.2 Å². The molecule has 1 amide bonds. The molecule has 0 unspecified atom stereocenters. The summed E-state index contributed by atoms with van der Waals surface area (Å²) in [6.45, 7) is 2.53. The summed E-state index contributed by atoms with van der Waals surface area (Å²) in [6.07, 6.45) is 9.40. The second-order valence-electron chi connectivity index (χ2n) is 7.17. The molecule has 0 bridgehead atoms. The van der Waals surface area contributed by atoms with E-state index in [-0.39, 0.29) is 5.91 Å². The Morgan fingerprint density at radius 1 is 1.07 bits per heavy atom. The summed E-state index contributed by atoms with van der Waals surface area (Å²) in [4.78, 5) is 22.2. The molecule has 27 heavy (non-hydrogen) atoms. The summed E-state index contributed by atoms with van der Waals surface area (Å²) in [5.74, 6) is 0.0576. The van der Waals surface area contributed by atoms with Crippen LogP contribution in [0.25, 0.3) is 10.9 Å². The summed E-state index contributed by atoms with van der Waals surface area (Å²) in [6, 6.07) is 12.1. The van der Waals surface area contributed by atoms with Gasteiger partial charge in [-0.25, -0.2) is 4.98 Å². The number of amides is 1. The van der Waals surface area contributed by atoms with E-state index in [0.29, 0.717) is 5.69 Å². The van der Waals surface area contributed by atoms with Crippen molar-refractivity contribution in [2.24, 2.45) is 0 Å². The van der Waals surface area contributed by atoms with Gasteiger partial charge in [-0.1, -0.05) is 31.0 Å². The molecule has 5 heteroatoms. The molecule has 1 aliphatic heterocycles. The fourth-order valence-electron chi connectivity index (χ4n) is 3.74. The molecule has 3 aromatic rings. The lowest BCUT2D eigenvalue weighted by atomic mass is 10.1. The number of hydrogen-bond donors (Lipinski definition) is 2. The topological polar surface area (TPSA) is 61.0 Å². The molecule has 0 aliphatic carbocycles. The van der Waals surface area contributed by atoms with Crippen LogP contribution in [-0.4, -0.2) is 40.4 Å². The zero-order valence-corrected chi connectivity index (χ0v) is 15.6. The maximum Gasteiger partial charge on any atom is 0.272 e. The predicted molar refractivity (Wildman–Crippen MR) is 109 cm³/mol. The Morgan fingerprint density at radius 2 is 1.89 bits per heavy atom. The van der Waals surface area contributed by atoms with Crippen molar-refractivity contribution in [1.82, 2.24) is 14.9 Å². The number of para-hydroxylation sites is 1. The average Bonchev–Trinajstić information content (AvgIpc) is 2.93. The van der Waals surface area contributed by atoms with Gasteiger partial charge in [-0.3, -0.25) is 4.79 Å². The Balaban J connectivity index is 1.33. The molecule has 1 saturated heterocycles. The van der Waals surface area contributed by atoms with Gasteiger partial charge in [0.05, 0.1) is 11.9 Å². The zero-order chi connectivity index (χ0) is 18.5. The molecule has 0 spiro atoms. The number of hydrogen-bond acceptors (Lipinski definition) is 3. The van der Waals surface area contributed by atoms with Gasteiger partial charge in [0.2, 0.25) is 0 Å². The minimum atomic E-state index is 0.0576. The van der Waals surface area contributed by atoms with Crippen molar-refractivity contribution in [3.05, 3.63) is 60.0 Å². The smallest absolute Gasteiger partial charge is 0.272 e. The number of rotatable bonds is 5. The number of carbonyl (C=O) groups excluding carboxylic acids is 1. The van der Waals surface area contributed by atoms with Crippen LogP contribution in [0.4, 0.5) is 5.69 Å². The molecule has 0 saturated carbocycles. The van der Waals surface area contributed by atoms with Crippen LogP contribution in [0.15, 0.2) is 48.8 Å². The van der Waals surface area contributed by atoms with Crippen LogP contribution in [0.2, 0.25) is 0 Å². The highest BCUT2D eigenvalue weighted by Gasteiger charge is 2.18. The van der Waals surface area contributed by atoms with Gasteiger partial charge in [0.25, 0.3) is 5.91 Å². The molecule has 140 valence electrons. The molecule has 3 heterocycles. The van der Waals surface area contributed by atoms with Gasteiger partial charge in [0.15, 0.2) is 0 Å². The van der Waals surface area contributed by atoms with E-state index in [1.807, 2.05) is 23.1 Å². The number of carbonyl (C=O) groups is 1. The maximum absolute atomic E-state index is 12.6. The predicted octanol–water partition coefficient (Wildman–Crippen LogP) is 4.23. The van der Waals surface area contributed by atoms with Crippen LogP contribution in [0.3, 0.4) is 0 Å². The lowest BCUT2D eigenvalue weighted by molar-refractivity contribution is 0.0756. The molecule has 4 rings (SSSR count). The monoisotopic (exact) mass is 362 g/mol. The number of nitrogens with one attached hydrogen (secondary N) is 2. The SMILES string of the molecule is O=C(c1ccc(NCCc2c[nH]c3ccccc23)cn1)N1CCCCCC1. The van der Waals surface area contributed by atoms with Crippen molar-refractivity contribution in [2.75, 3.05) is 25.0 Å². The third-order valence-electron chi connectivity index (χ3n) is 5.27. The number of likely N-dealkylation sites (tertiary alicyclic amines) is 1. The third kappa shape index (κ3) is 4.13. The lowest BCUT2D eigenvalue weighted by Crippen LogP contribution is -2.32. The van der Waals surface area contributed by atoms with E-state index in [0.717, 1.165) is 44.6 Å². The highest BCUT2D eigenvalue weighted by atomic mass is 16.2. The minimum Gasteiger partial charge on any atom is -0.383 e. The first-order valence-corrected chi connectivity index (χ1v) is 9.85. The summed E-state index contributed by atoms with van der Waals surface area (Å²) >= 11 is 0. The number of aromatic amines is 1. The average molecular weight is 362 g/mol. The van der Waals surface area contributed by atoms with Gasteiger partial charge in [0, 0.05) is 36.7 Å². The standard InChI is InChI=1S/C22H26N4O/c27-22(26-13-5-1-2-6-14-26)21-10-9-18(16-25-21)23-12-11-17-15-24-20-8-4-3-7-19(17)20/h3-4,7-10,15-16,23-24H,1-2,5-6,11-14H2. The van der Waals surface area contributed by atoms with Crippen molar-refractivity contribution in [3.8, 4) is 0 Å². The Bertz CT molecular complexity index is 892. The van der Waals surface area contributed by atoms with E-state index < -0.39 is 0 Å². The van der Waals surface area contributed by atoms with Gasteiger partial charge >= 0.3 is 0 Å². The molecule has 2 aromatic heterocycles. The second kappa shape index (κ2) is 8.25. The summed E-state index contributed by atoms with van der Waals surface area (Å²) in [7, 11) is 0. The van der Waals surface area contributed by atoms with Crippen molar-refractivity contribution >= 4 is 22.5 Å². The van der Waals surface area contributed by atoms with E-state index >= 15 is 0 Å². The molecular formula is C22H26N4O. The van der Waals surface area contributed by atoms with Gasteiger partial charge in [-0.15, -0.1) is 0 Å². The number of benzene rings is 1. The van der Waals surface area contributed by atoms with Crippen molar-refractivity contribution < 1.29 is 4.79 Å². The fraction of sp³-hybridized carbons (Fsp3) is 0.364. The van der Waals surface area contributed by atoms with Crippen molar-refractivity contribution in [3.63, 3.8) is 0 Å². The van der Waals surface area contributed by atoms with Crippen LogP contribution < -0.4 is 5.32 Å². The van der Waals surface area contributed by atoms with Gasteiger partial charge in [-0.05, 0) is 43.0 Å². The van der Waals surface area contributed by atoms with E-state index in [1.54, 1.807) is 6.20 Å². The number of aromatic nitrogens is 2. The molecule has 0 atom stereocenters. The number of pyridine rings is 1. The first kappa shape index (κ1) is 17.6. The zero-order valence-electron chi connectivity index (χ0n) is 15.6. The second-order valence-corrected chi connectivity index (χ2v) is 7.17. The number of nitrogens with zero attached hydrogens (tertiary/aromatic N) is 2. The number of H-pyrrole nitrogens is 1. The maximum atomic E-state index is 12.6. The molecule has 5 nitrogen and oxygen atoms in total. The van der Waals surface area contributed by atoms with E-state index in [1.165, 1.54) is 29.3 Å². The normalized spacial score (nSPS) is 14.9. The fourth-order valence-corrected chi connectivity index (χ4v) is 3.74. The van der Waals surface area contributed by atoms with Crippen LogP contribution >= 0.6 is 0 Å². The molecule has 1 fully saturated rings. The van der Waals surface area contributed by atoms with E-state index in [2.05, 4.69) is 39.7 Å². The largest absolute Gasteiger partial charge is 0.383 e. The van der Waals surface area contributed by atoms with Gasteiger partial charge in [-0.2, -0.15) is 0 Å². The van der Waals surface area contributed by atoms with Crippen LogP contribution in [-0.2, 0) is 6.42 Å². The van der Waals surface area contributed by atoms with Crippen LogP contribution in [0.1, 0.15) is 41.7 Å². The minimum absolute atomic E-state index is 0.0576. The number of anilines is 1. The molecule has 1 aromatic carbocycles. The van der Waals surface area contributed by atoms with E-state index in [9.17, 15) is 4.79 Å². The summed E-state index contributed by atoms with van der Waals surface area (Å²) in [5.41, 5.74) is 3.96. The van der Waals surface area contributed by atoms with Crippen molar-refractivity contribution in [1.29, 1.82) is 0 Å². The summed E-state index contributed by atoms with van der Waals surface area (Å²) < 4.78 is 0. The van der Waals surface area contributed by atoms with Crippen LogP contribution in [0, 0.1) is 0 Å². The summed E-state index contributed by atoms with van der Waals surface area (Å²) in [5, 5.41) is 4.68. The lowest BCUT2D eigenvalue weighted by Gasteiger charge is -2.19. The Morgan fingerprint density at radius 3 is 2.67 bits per heavy atom. The number of fused-ring (bicyclic) bond motifs is 1. The first-order valence-electron chi connectivity index (χ1n) is 9.85. The third-order valence-corrected chi connectivity index (χ3v) is 5.27. The Kier molecular flexibility index (Phi) is 5.37. The van der Waals surface area contributed by atoms with Crippen LogP contribution in [0.5, 0.6) is 0 Å². The molecule has 2 N–H and O–H groups in total. The Hall–Kier alpha value is -2.82. The molecule has 1 aliphatic rings. The van der Waals surface area contributed by atoms with Crippen molar-refractivity contribution in [2.45, 2.75) is 32.1 Å². The van der Waals surface area contributed by atoms with Gasteiger partial charge in [0.1, 0.15) is 5.69 Å². The quantitative estimate of drug-likeness (QED) is 0.714. The highest BCUT2D eigenvalue weighted by Crippen LogP contribution is 2.18. The molecular weight excluding hydrogens is 336 g/mol. The first-order chi connectivity index (χ1) is 13.3. The van der Waals surface area contributed by atoms with E-state index in [4.69, 9.17) is 0 Å². The Labute approximate surface area is 159 Å². The molecule has 0 radical (unpaired) electrons.